The number of aromatic nitrogens is 2. The molecule has 9 nitrogen and oxygen atoms in total. The van der Waals surface area contributed by atoms with Crippen molar-refractivity contribution in [2.75, 3.05) is 11.9 Å². The molecule has 2 aromatic rings. The molecule has 3 rings (SSSR count). The van der Waals surface area contributed by atoms with Gasteiger partial charge in [-0.25, -0.2) is 9.36 Å². The Hall–Kier alpha value is -2.53. The van der Waals surface area contributed by atoms with Crippen LogP contribution in [0.5, 0.6) is 0 Å². The molecule has 0 spiro atoms. The van der Waals surface area contributed by atoms with Crippen molar-refractivity contribution in [3.63, 3.8) is 0 Å². The molecule has 0 aliphatic carbocycles. The van der Waals surface area contributed by atoms with E-state index in [9.17, 15) is 24.2 Å². The fourth-order valence-electron chi connectivity index (χ4n) is 2.64. The first kappa shape index (κ1) is 17.3. The average molecular weight is 353 g/mol. The molecule has 10 heteroatoms. The van der Waals surface area contributed by atoms with E-state index >= 15 is 0 Å². The van der Waals surface area contributed by atoms with Gasteiger partial charge in [0.25, 0.3) is 5.56 Å². The average Bonchev–Trinajstić information content (AvgIpc) is 2.88. The Labute approximate surface area is 139 Å². The van der Waals surface area contributed by atoms with Crippen LogP contribution in [-0.4, -0.2) is 49.8 Å². The summed E-state index contributed by atoms with van der Waals surface area (Å²) in [4.78, 5) is 25.6. The molecular formula is C15H16FN3O6. The molecule has 4 atom stereocenters. The summed E-state index contributed by atoms with van der Waals surface area (Å²) in [6.07, 6.45) is -5.76. The topological polar surface area (TPSA) is 137 Å². The van der Waals surface area contributed by atoms with Crippen molar-refractivity contribution in [1.82, 2.24) is 9.55 Å². The van der Waals surface area contributed by atoms with E-state index in [2.05, 4.69) is 5.32 Å². The first-order valence-corrected chi connectivity index (χ1v) is 7.43. The highest BCUT2D eigenvalue weighted by atomic mass is 19.1. The maximum Gasteiger partial charge on any atom is 0.332 e. The number of H-pyrrole nitrogens is 1. The summed E-state index contributed by atoms with van der Waals surface area (Å²) in [5.41, 5.74) is -1.90. The molecule has 1 aliphatic heterocycles. The van der Waals surface area contributed by atoms with Gasteiger partial charge in [-0.05, 0) is 12.1 Å². The maximum absolute atomic E-state index is 14.4. The van der Waals surface area contributed by atoms with Crippen LogP contribution in [-0.2, 0) is 4.74 Å². The zero-order valence-electron chi connectivity index (χ0n) is 12.8. The van der Waals surface area contributed by atoms with E-state index in [1.165, 1.54) is 0 Å². The molecule has 0 unspecified atom stereocenters. The summed E-state index contributed by atoms with van der Waals surface area (Å²) in [5.74, 6) is -1.82. The van der Waals surface area contributed by atoms with E-state index in [0.717, 1.165) is 0 Å². The standard InChI is InChI=1S/C15H16FN3O6/c16-9-12(17-7-4-2-1-3-5-7)19(15(24)18-13(9)23)14-11(22)10(21)8(6-20)25-14/h1-5,8,10-11,14,17,20-22H,6H2,(H,18,23,24)/t8-,10-,11-,14-/m1/s1. The van der Waals surface area contributed by atoms with Crippen LogP contribution < -0.4 is 16.6 Å². The molecule has 2 heterocycles. The molecule has 1 aromatic carbocycles. The lowest BCUT2D eigenvalue weighted by atomic mass is 10.1. The Morgan fingerprint density at radius 2 is 1.88 bits per heavy atom. The van der Waals surface area contributed by atoms with Gasteiger partial charge in [0.05, 0.1) is 6.61 Å². The zero-order valence-corrected chi connectivity index (χ0v) is 12.8. The molecule has 25 heavy (non-hydrogen) atoms. The van der Waals surface area contributed by atoms with Crippen LogP contribution >= 0.6 is 0 Å². The van der Waals surface area contributed by atoms with Crippen molar-refractivity contribution in [2.45, 2.75) is 24.5 Å². The Morgan fingerprint density at radius 3 is 2.48 bits per heavy atom. The number of rotatable bonds is 4. The Kier molecular flexibility index (Phi) is 4.68. The predicted octanol–water partition coefficient (Wildman–Crippen LogP) is -0.969. The second kappa shape index (κ2) is 6.76. The fourth-order valence-corrected chi connectivity index (χ4v) is 2.64. The van der Waals surface area contributed by atoms with Crippen molar-refractivity contribution in [2.24, 2.45) is 0 Å². The van der Waals surface area contributed by atoms with Crippen molar-refractivity contribution >= 4 is 11.5 Å². The third-order valence-corrected chi connectivity index (χ3v) is 3.90. The quantitative estimate of drug-likeness (QED) is 0.477. The number of anilines is 2. The van der Waals surface area contributed by atoms with Gasteiger partial charge in [-0.15, -0.1) is 0 Å². The summed E-state index contributed by atoms with van der Waals surface area (Å²) in [6.45, 7) is -0.614. The number of hydrogen-bond donors (Lipinski definition) is 5. The summed E-state index contributed by atoms with van der Waals surface area (Å²) >= 11 is 0. The van der Waals surface area contributed by atoms with Gasteiger partial charge in [0, 0.05) is 5.69 Å². The van der Waals surface area contributed by atoms with Crippen LogP contribution in [0.1, 0.15) is 6.23 Å². The van der Waals surface area contributed by atoms with Crippen LogP contribution in [0.25, 0.3) is 0 Å². The van der Waals surface area contributed by atoms with Crippen LogP contribution in [0.3, 0.4) is 0 Å². The SMILES string of the molecule is O=c1[nH]c(=O)n([C@@H]2O[C@H](CO)[C@@H](O)[C@H]2O)c(Nc2ccccc2)c1F. The monoisotopic (exact) mass is 353 g/mol. The molecule has 1 saturated heterocycles. The van der Waals surface area contributed by atoms with E-state index in [1.54, 1.807) is 35.3 Å². The molecular weight excluding hydrogens is 337 g/mol. The molecule has 0 saturated carbocycles. The highest BCUT2D eigenvalue weighted by Crippen LogP contribution is 2.31. The molecule has 5 N–H and O–H groups in total. The van der Waals surface area contributed by atoms with E-state index in [4.69, 9.17) is 9.84 Å². The Balaban J connectivity index is 2.12. The number of para-hydroxylation sites is 1. The summed E-state index contributed by atoms with van der Waals surface area (Å²) in [6, 6.07) is 8.18. The summed E-state index contributed by atoms with van der Waals surface area (Å²) in [7, 11) is 0. The van der Waals surface area contributed by atoms with Gasteiger partial charge in [-0.1, -0.05) is 18.2 Å². The number of benzene rings is 1. The highest BCUT2D eigenvalue weighted by molar-refractivity contribution is 5.56. The first-order valence-electron chi connectivity index (χ1n) is 7.43. The van der Waals surface area contributed by atoms with Crippen LogP contribution in [0.15, 0.2) is 39.9 Å². The number of aliphatic hydroxyl groups excluding tert-OH is 3. The lowest BCUT2D eigenvalue weighted by Gasteiger charge is -2.22. The number of nitrogens with zero attached hydrogens (tertiary/aromatic N) is 1. The number of hydrogen-bond acceptors (Lipinski definition) is 7. The van der Waals surface area contributed by atoms with Crippen LogP contribution in [0.4, 0.5) is 15.9 Å². The number of ether oxygens (including phenoxy) is 1. The summed E-state index contributed by atoms with van der Waals surface area (Å²) < 4.78 is 20.3. The third-order valence-electron chi connectivity index (χ3n) is 3.90. The van der Waals surface area contributed by atoms with Gasteiger partial charge < -0.3 is 25.4 Å². The van der Waals surface area contributed by atoms with E-state index in [0.29, 0.717) is 10.3 Å². The van der Waals surface area contributed by atoms with E-state index < -0.39 is 54.0 Å². The molecule has 1 fully saturated rings. The Morgan fingerprint density at radius 1 is 1.20 bits per heavy atom. The molecule has 134 valence electrons. The van der Waals surface area contributed by atoms with Crippen LogP contribution in [0, 0.1) is 5.82 Å². The smallest absolute Gasteiger partial charge is 0.332 e. The second-order valence-electron chi connectivity index (χ2n) is 5.51. The van der Waals surface area contributed by atoms with Crippen molar-refractivity contribution in [3.05, 3.63) is 57.0 Å². The first-order chi connectivity index (χ1) is 11.9. The van der Waals surface area contributed by atoms with Gasteiger partial charge in [0.1, 0.15) is 18.3 Å². The van der Waals surface area contributed by atoms with Gasteiger partial charge in [0.2, 0.25) is 5.82 Å². The minimum Gasteiger partial charge on any atom is -0.394 e. The normalized spacial score (nSPS) is 25.9. The van der Waals surface area contributed by atoms with Gasteiger partial charge in [0.15, 0.2) is 12.0 Å². The second-order valence-corrected chi connectivity index (χ2v) is 5.51. The zero-order chi connectivity index (χ0) is 18.1. The molecule has 1 aromatic heterocycles. The molecule has 1 aliphatic rings. The van der Waals surface area contributed by atoms with Gasteiger partial charge in [-0.3, -0.25) is 9.78 Å². The number of nitrogens with one attached hydrogen (secondary N) is 2. The molecule has 0 radical (unpaired) electrons. The minimum absolute atomic E-state index is 0.381. The minimum atomic E-state index is -1.61. The van der Waals surface area contributed by atoms with E-state index in [-0.39, 0.29) is 0 Å². The van der Waals surface area contributed by atoms with Gasteiger partial charge >= 0.3 is 5.69 Å². The molecule has 0 bridgehead atoms. The van der Waals surface area contributed by atoms with Crippen LogP contribution in [0.2, 0.25) is 0 Å². The maximum atomic E-state index is 14.4. The number of aromatic amines is 1. The number of halogens is 1. The summed E-state index contributed by atoms with van der Waals surface area (Å²) in [5, 5.41) is 31.7. The lowest BCUT2D eigenvalue weighted by Crippen LogP contribution is -2.40. The van der Waals surface area contributed by atoms with E-state index in [1.807, 2.05) is 0 Å². The fraction of sp³-hybridized carbons (Fsp3) is 0.333. The van der Waals surface area contributed by atoms with Crippen molar-refractivity contribution in [1.29, 1.82) is 0 Å². The number of aliphatic hydroxyl groups is 3. The highest BCUT2D eigenvalue weighted by Gasteiger charge is 2.45. The Bertz CT molecular complexity index is 868. The van der Waals surface area contributed by atoms with Gasteiger partial charge in [-0.2, -0.15) is 4.39 Å². The third kappa shape index (κ3) is 3.07. The molecule has 0 amide bonds. The van der Waals surface area contributed by atoms with Crippen molar-refractivity contribution < 1.29 is 24.4 Å². The largest absolute Gasteiger partial charge is 0.394 e. The lowest BCUT2D eigenvalue weighted by molar-refractivity contribution is -0.0542. The predicted molar refractivity (Wildman–Crippen MR) is 84.0 cm³/mol. The van der Waals surface area contributed by atoms with Crippen molar-refractivity contribution in [3.8, 4) is 0 Å².